The fraction of sp³-hybridized carbons (Fsp3) is 0.345. The van der Waals surface area contributed by atoms with Crippen LogP contribution < -0.4 is 14.2 Å². The number of hydrogen-bond acceptors (Lipinski definition) is 4. The Morgan fingerprint density at radius 2 is 1.50 bits per heavy atom. The quantitative estimate of drug-likeness (QED) is 0.221. The summed E-state index contributed by atoms with van der Waals surface area (Å²) < 4.78 is 17.9. The summed E-state index contributed by atoms with van der Waals surface area (Å²) in [5.74, 6) is 7.01. The zero-order chi connectivity index (χ0) is 26.3. The maximum Gasteiger partial charge on any atom is 0.255 e. The molecule has 5 nitrogen and oxygen atoms in total. The molecule has 0 unspecified atom stereocenters. The molecule has 2 aromatic carbocycles. The zero-order valence-electron chi connectivity index (χ0n) is 20.7. The van der Waals surface area contributed by atoms with Crippen molar-refractivity contribution in [3.8, 4) is 41.9 Å². The largest absolute Gasteiger partial charge is 0.493 e. The molecule has 0 aliphatic rings. The lowest BCUT2D eigenvalue weighted by atomic mass is 10.0. The topological polar surface area (TPSA) is 48.0 Å². The fourth-order valence-corrected chi connectivity index (χ4v) is 3.56. The number of halogens is 2. The monoisotopic (exact) mass is 527 g/mol. The van der Waals surface area contributed by atoms with Gasteiger partial charge in [0.2, 0.25) is 0 Å². The van der Waals surface area contributed by atoms with Crippen molar-refractivity contribution >= 4 is 29.1 Å². The average Bonchev–Trinajstić information content (AvgIpc) is 2.88. The molecule has 36 heavy (non-hydrogen) atoms. The Morgan fingerprint density at radius 3 is 2.03 bits per heavy atom. The summed E-state index contributed by atoms with van der Waals surface area (Å²) in [6.45, 7) is 5.77. The summed E-state index contributed by atoms with van der Waals surface area (Å²) in [6, 6.07) is 10.9. The number of aryl methyl sites for hydroxylation is 2. The number of rotatable bonds is 14. The van der Waals surface area contributed by atoms with Gasteiger partial charge in [0, 0.05) is 12.0 Å². The Balaban J connectivity index is 1.89. The Morgan fingerprint density at radius 1 is 0.917 bits per heavy atom. The Bertz CT molecular complexity index is 1070. The second-order valence-electron chi connectivity index (χ2n) is 7.73. The minimum Gasteiger partial charge on any atom is -0.493 e. The number of nitrogens with zero attached hydrogens (tertiary/aromatic N) is 1. The molecule has 0 fully saturated rings. The molecule has 2 aromatic rings. The molecule has 7 heteroatoms. The molecule has 0 N–H and O–H groups in total. The van der Waals surface area contributed by atoms with Gasteiger partial charge in [0.15, 0.2) is 0 Å². The first-order valence-corrected chi connectivity index (χ1v) is 12.5. The number of hydrogen-bond donors (Lipinski definition) is 0. The normalized spacial score (nSPS) is 10.1. The third-order valence-electron chi connectivity index (χ3n) is 5.22. The van der Waals surface area contributed by atoms with Crippen LogP contribution in [0.5, 0.6) is 17.2 Å². The van der Waals surface area contributed by atoms with Gasteiger partial charge in [0.05, 0.1) is 26.3 Å². The first-order chi connectivity index (χ1) is 17.4. The molecule has 190 valence electrons. The first kappa shape index (κ1) is 29.0. The molecule has 1 amide bonds. The zero-order valence-corrected chi connectivity index (χ0v) is 22.2. The van der Waals surface area contributed by atoms with Gasteiger partial charge >= 0.3 is 0 Å². The smallest absolute Gasteiger partial charge is 0.255 e. The Kier molecular flexibility index (Phi) is 12.6. The van der Waals surface area contributed by atoms with E-state index in [0.29, 0.717) is 37.6 Å². The minimum atomic E-state index is -0.208. The highest BCUT2D eigenvalue weighted by Crippen LogP contribution is 2.31. The first-order valence-electron chi connectivity index (χ1n) is 11.7. The van der Waals surface area contributed by atoms with Crippen molar-refractivity contribution in [1.82, 2.24) is 4.90 Å². The van der Waals surface area contributed by atoms with Crippen LogP contribution in [-0.2, 0) is 12.8 Å². The summed E-state index contributed by atoms with van der Waals surface area (Å²) >= 11 is 11.3. The van der Waals surface area contributed by atoms with E-state index in [0.717, 1.165) is 35.5 Å². The number of terminal acetylenes is 2. The van der Waals surface area contributed by atoms with E-state index in [2.05, 4.69) is 25.7 Å². The predicted octanol–water partition coefficient (Wildman–Crippen LogP) is 6.07. The van der Waals surface area contributed by atoms with Crippen LogP contribution >= 0.6 is 23.2 Å². The predicted molar refractivity (Wildman–Crippen MR) is 146 cm³/mol. The van der Waals surface area contributed by atoms with Crippen molar-refractivity contribution in [1.29, 1.82) is 0 Å². The Hall–Kier alpha value is -3.25. The van der Waals surface area contributed by atoms with E-state index in [1.54, 1.807) is 30.3 Å². The van der Waals surface area contributed by atoms with E-state index in [9.17, 15) is 4.79 Å². The van der Waals surface area contributed by atoms with Crippen LogP contribution in [0.2, 0.25) is 0 Å². The highest BCUT2D eigenvalue weighted by molar-refractivity contribution is 6.55. The molecule has 0 aliphatic carbocycles. The molecule has 0 bridgehead atoms. The van der Waals surface area contributed by atoms with Gasteiger partial charge in [-0.2, -0.15) is 0 Å². The Labute approximate surface area is 224 Å². The molecular weight excluding hydrogens is 497 g/mol. The standard InChI is InChI=1S/C29H31Cl2NO4/c1-5-15-32(16-6-2)29(33)24-10-12-25(13-11-24)34-17-9-18-36-28-22(7-3)20-26(21-23(28)8-4)35-19-14-27(30)31/h1-2,10-14,20-21H,7-9,15-19H2,3-4H3. The summed E-state index contributed by atoms with van der Waals surface area (Å²) in [5.41, 5.74) is 2.66. The maximum atomic E-state index is 12.5. The number of benzene rings is 2. The van der Waals surface area contributed by atoms with Crippen LogP contribution in [0.1, 0.15) is 41.8 Å². The SMILES string of the molecule is C#CCN(CC#C)C(=O)c1ccc(OCCCOc2c(CC)cc(OCC=C(Cl)Cl)cc2CC)cc1. The second kappa shape index (κ2) is 15.7. The van der Waals surface area contributed by atoms with Gasteiger partial charge in [0.1, 0.15) is 28.3 Å². The third-order valence-corrected chi connectivity index (χ3v) is 5.53. The van der Waals surface area contributed by atoms with Crippen molar-refractivity contribution in [2.24, 2.45) is 0 Å². The lowest BCUT2D eigenvalue weighted by molar-refractivity contribution is 0.0796. The van der Waals surface area contributed by atoms with E-state index in [1.165, 1.54) is 4.90 Å². The van der Waals surface area contributed by atoms with Crippen molar-refractivity contribution in [3.05, 3.63) is 63.7 Å². The van der Waals surface area contributed by atoms with E-state index in [1.807, 2.05) is 12.1 Å². The second-order valence-corrected chi connectivity index (χ2v) is 8.73. The number of carbonyl (C=O) groups is 1. The van der Waals surface area contributed by atoms with E-state index < -0.39 is 0 Å². The third kappa shape index (κ3) is 9.08. The van der Waals surface area contributed by atoms with Crippen molar-refractivity contribution in [2.45, 2.75) is 33.1 Å². The van der Waals surface area contributed by atoms with Crippen LogP contribution in [-0.4, -0.2) is 43.7 Å². The van der Waals surface area contributed by atoms with Gasteiger partial charge in [-0.1, -0.05) is 48.9 Å². The number of amides is 1. The molecule has 0 spiro atoms. The van der Waals surface area contributed by atoms with Crippen LogP contribution in [0, 0.1) is 24.7 Å². The average molecular weight is 528 g/mol. The van der Waals surface area contributed by atoms with E-state index >= 15 is 0 Å². The molecule has 0 saturated heterocycles. The molecule has 0 radical (unpaired) electrons. The molecule has 0 heterocycles. The lowest BCUT2D eigenvalue weighted by Crippen LogP contribution is -2.31. The summed E-state index contributed by atoms with van der Waals surface area (Å²) in [4.78, 5) is 14.0. The molecule has 2 rings (SSSR count). The van der Waals surface area contributed by atoms with Gasteiger partial charge < -0.3 is 19.1 Å². The molecule has 0 aromatic heterocycles. The van der Waals surface area contributed by atoms with Crippen LogP contribution in [0.25, 0.3) is 0 Å². The van der Waals surface area contributed by atoms with Gasteiger partial charge in [-0.3, -0.25) is 4.79 Å². The summed E-state index contributed by atoms with van der Waals surface area (Å²) in [5, 5.41) is 0. The van der Waals surface area contributed by atoms with Crippen molar-refractivity contribution in [2.75, 3.05) is 32.9 Å². The summed E-state index contributed by atoms with van der Waals surface area (Å²) in [7, 11) is 0. The van der Waals surface area contributed by atoms with Crippen LogP contribution in [0.3, 0.4) is 0 Å². The number of carbonyl (C=O) groups excluding carboxylic acids is 1. The highest BCUT2D eigenvalue weighted by Gasteiger charge is 2.14. The van der Waals surface area contributed by atoms with Crippen molar-refractivity contribution in [3.63, 3.8) is 0 Å². The molecule has 0 aliphatic heterocycles. The summed E-state index contributed by atoms with van der Waals surface area (Å²) in [6.07, 6.45) is 14.6. The van der Waals surface area contributed by atoms with Gasteiger partial charge in [-0.15, -0.1) is 12.8 Å². The fourth-order valence-electron chi connectivity index (χ4n) is 3.44. The van der Waals surface area contributed by atoms with Gasteiger partial charge in [-0.05, 0) is 66.4 Å². The van der Waals surface area contributed by atoms with Gasteiger partial charge in [-0.25, -0.2) is 0 Å². The minimum absolute atomic E-state index is 0.163. The lowest BCUT2D eigenvalue weighted by Gasteiger charge is -2.18. The van der Waals surface area contributed by atoms with Crippen LogP contribution in [0.4, 0.5) is 0 Å². The van der Waals surface area contributed by atoms with Crippen molar-refractivity contribution < 1.29 is 19.0 Å². The molecule has 0 atom stereocenters. The van der Waals surface area contributed by atoms with E-state index in [4.69, 9.17) is 50.3 Å². The highest BCUT2D eigenvalue weighted by atomic mass is 35.5. The molecule has 0 saturated carbocycles. The molecular formula is C29H31Cl2NO4. The van der Waals surface area contributed by atoms with E-state index in [-0.39, 0.29) is 23.5 Å². The number of ether oxygens (including phenoxy) is 3. The maximum absolute atomic E-state index is 12.5. The van der Waals surface area contributed by atoms with Gasteiger partial charge in [0.25, 0.3) is 5.91 Å². The van der Waals surface area contributed by atoms with Crippen LogP contribution in [0.15, 0.2) is 47.0 Å².